The Bertz CT molecular complexity index is 775. The van der Waals surface area contributed by atoms with Crippen LogP contribution in [0.15, 0.2) is 18.2 Å². The van der Waals surface area contributed by atoms with Crippen LogP contribution in [-0.4, -0.2) is 74.5 Å². The van der Waals surface area contributed by atoms with E-state index in [1.165, 1.54) is 0 Å². The second-order valence-electron chi connectivity index (χ2n) is 6.28. The van der Waals surface area contributed by atoms with Gasteiger partial charge in [-0.3, -0.25) is 4.79 Å². The van der Waals surface area contributed by atoms with Crippen molar-refractivity contribution in [3.8, 4) is 5.75 Å². The average Bonchev–Trinajstić information content (AvgIpc) is 3.14. The van der Waals surface area contributed by atoms with Crippen LogP contribution < -0.4 is 9.64 Å². The fraction of sp³-hybridized carbons (Fsp3) is 0.556. The van der Waals surface area contributed by atoms with Crippen LogP contribution in [0.25, 0.3) is 10.2 Å². The van der Waals surface area contributed by atoms with Crippen molar-refractivity contribution < 1.29 is 19.0 Å². The minimum absolute atomic E-state index is 0.0501. The number of aromatic nitrogens is 1. The molecular weight excluding hydrogens is 354 g/mol. The summed E-state index contributed by atoms with van der Waals surface area (Å²) in [6, 6.07) is 5.98. The van der Waals surface area contributed by atoms with Crippen molar-refractivity contribution in [1.82, 2.24) is 9.88 Å². The molecule has 26 heavy (non-hydrogen) atoms. The van der Waals surface area contributed by atoms with E-state index in [4.69, 9.17) is 19.2 Å². The van der Waals surface area contributed by atoms with Crippen molar-refractivity contribution >= 4 is 32.6 Å². The number of thiazole rings is 1. The molecule has 1 aromatic heterocycles. The minimum atomic E-state index is -0.444. The second-order valence-corrected chi connectivity index (χ2v) is 7.28. The zero-order valence-electron chi connectivity index (χ0n) is 14.8. The first-order valence-corrected chi connectivity index (χ1v) is 9.83. The van der Waals surface area contributed by atoms with Crippen molar-refractivity contribution in [2.45, 2.75) is 13.0 Å². The van der Waals surface area contributed by atoms with Crippen LogP contribution in [0.1, 0.15) is 6.92 Å². The van der Waals surface area contributed by atoms with E-state index in [0.717, 1.165) is 27.6 Å². The van der Waals surface area contributed by atoms with Crippen molar-refractivity contribution in [2.24, 2.45) is 0 Å². The van der Waals surface area contributed by atoms with Crippen molar-refractivity contribution in [2.75, 3.05) is 57.5 Å². The molecule has 2 aliphatic rings. The van der Waals surface area contributed by atoms with Gasteiger partial charge in [-0.1, -0.05) is 17.4 Å². The molecule has 140 valence electrons. The van der Waals surface area contributed by atoms with Gasteiger partial charge in [0.1, 0.15) is 11.3 Å². The number of carbonyl (C=O) groups is 1. The van der Waals surface area contributed by atoms with Gasteiger partial charge < -0.3 is 24.0 Å². The van der Waals surface area contributed by atoms with E-state index in [1.54, 1.807) is 11.3 Å². The van der Waals surface area contributed by atoms with Crippen LogP contribution in [0, 0.1) is 0 Å². The fourth-order valence-electron chi connectivity index (χ4n) is 3.28. The average molecular weight is 377 g/mol. The Morgan fingerprint density at radius 2 is 2.15 bits per heavy atom. The highest BCUT2D eigenvalue weighted by Gasteiger charge is 2.32. The number of amides is 1. The molecule has 1 amide bonds. The normalized spacial score (nSPS) is 21.2. The van der Waals surface area contributed by atoms with Gasteiger partial charge in [0.15, 0.2) is 11.2 Å². The summed E-state index contributed by atoms with van der Waals surface area (Å²) < 4.78 is 17.9. The van der Waals surface area contributed by atoms with Crippen LogP contribution in [0.4, 0.5) is 5.13 Å². The maximum atomic E-state index is 12.7. The molecule has 0 N–H and O–H groups in total. The highest BCUT2D eigenvalue weighted by molar-refractivity contribution is 7.22. The van der Waals surface area contributed by atoms with Gasteiger partial charge in [0.25, 0.3) is 5.91 Å². The quantitative estimate of drug-likeness (QED) is 0.809. The largest absolute Gasteiger partial charge is 0.492 e. The Labute approximate surface area is 156 Å². The molecular formula is C18H23N3O4S. The predicted octanol–water partition coefficient (Wildman–Crippen LogP) is 1.76. The number of nitrogens with zero attached hydrogens (tertiary/aromatic N) is 3. The molecule has 7 nitrogen and oxygen atoms in total. The monoisotopic (exact) mass is 377 g/mol. The number of carbonyl (C=O) groups excluding carboxylic acids is 1. The van der Waals surface area contributed by atoms with Gasteiger partial charge in [-0.25, -0.2) is 4.98 Å². The van der Waals surface area contributed by atoms with Gasteiger partial charge in [-0.05, 0) is 19.1 Å². The van der Waals surface area contributed by atoms with Crippen LogP contribution >= 0.6 is 11.3 Å². The van der Waals surface area contributed by atoms with E-state index >= 15 is 0 Å². The maximum absolute atomic E-state index is 12.7. The van der Waals surface area contributed by atoms with Gasteiger partial charge in [-0.2, -0.15) is 0 Å². The molecule has 1 atom stereocenters. The van der Waals surface area contributed by atoms with E-state index in [9.17, 15) is 4.79 Å². The van der Waals surface area contributed by atoms with Crippen molar-refractivity contribution in [3.63, 3.8) is 0 Å². The Balaban J connectivity index is 1.51. The third kappa shape index (κ3) is 3.49. The van der Waals surface area contributed by atoms with Crippen LogP contribution in [0.2, 0.25) is 0 Å². The van der Waals surface area contributed by atoms with Crippen LogP contribution in [-0.2, 0) is 14.3 Å². The lowest BCUT2D eigenvalue weighted by atomic mass is 10.2. The van der Waals surface area contributed by atoms with Crippen molar-refractivity contribution in [3.05, 3.63) is 18.2 Å². The van der Waals surface area contributed by atoms with Crippen molar-refractivity contribution in [1.29, 1.82) is 0 Å². The summed E-state index contributed by atoms with van der Waals surface area (Å²) in [6.45, 7) is 6.83. The van der Waals surface area contributed by atoms with E-state index in [1.807, 2.05) is 24.0 Å². The summed E-state index contributed by atoms with van der Waals surface area (Å²) in [6.07, 6.45) is -0.444. The smallest absolute Gasteiger partial charge is 0.253 e. The predicted molar refractivity (Wildman–Crippen MR) is 100 cm³/mol. The topological polar surface area (TPSA) is 64.1 Å². The molecule has 2 saturated heterocycles. The first kappa shape index (κ1) is 17.5. The number of hydrogen-bond donors (Lipinski definition) is 0. The van der Waals surface area contributed by atoms with E-state index in [0.29, 0.717) is 46.1 Å². The maximum Gasteiger partial charge on any atom is 0.253 e. The molecule has 4 rings (SSSR count). The molecule has 0 aliphatic carbocycles. The number of para-hydroxylation sites is 1. The zero-order chi connectivity index (χ0) is 17.9. The van der Waals surface area contributed by atoms with Gasteiger partial charge in [0.2, 0.25) is 0 Å². The molecule has 0 radical (unpaired) electrons. The molecule has 1 aromatic carbocycles. The summed E-state index contributed by atoms with van der Waals surface area (Å²) in [5.41, 5.74) is 0.886. The molecule has 0 bridgehead atoms. The number of morpholine rings is 2. The lowest BCUT2D eigenvalue weighted by Crippen LogP contribution is -2.53. The third-order valence-electron chi connectivity index (χ3n) is 4.61. The number of ether oxygens (including phenoxy) is 3. The molecule has 2 aliphatic heterocycles. The molecule has 2 aromatic rings. The minimum Gasteiger partial charge on any atom is -0.492 e. The number of benzene rings is 1. The van der Waals surface area contributed by atoms with Gasteiger partial charge in [0, 0.05) is 19.6 Å². The number of hydrogen-bond acceptors (Lipinski definition) is 7. The number of fused-ring (bicyclic) bond motifs is 1. The summed E-state index contributed by atoms with van der Waals surface area (Å²) in [7, 11) is 0. The fourth-order valence-corrected chi connectivity index (χ4v) is 4.30. The first-order chi connectivity index (χ1) is 12.8. The van der Waals surface area contributed by atoms with Gasteiger partial charge >= 0.3 is 0 Å². The molecule has 1 unspecified atom stereocenters. The summed E-state index contributed by atoms with van der Waals surface area (Å²) in [4.78, 5) is 21.5. The molecule has 0 saturated carbocycles. The van der Waals surface area contributed by atoms with Crippen LogP contribution in [0.5, 0.6) is 5.75 Å². The highest BCUT2D eigenvalue weighted by Crippen LogP contribution is 2.34. The number of anilines is 1. The summed E-state index contributed by atoms with van der Waals surface area (Å²) in [5.74, 6) is 0.857. The molecule has 2 fully saturated rings. The standard InChI is InChI=1S/C18H23N3O4S/c1-2-24-13-4-3-5-15-16(13)19-18(26-15)21-8-11-25-14(12-21)17(22)20-6-9-23-10-7-20/h3-5,14H,2,6-12H2,1H3. The molecule has 3 heterocycles. The first-order valence-electron chi connectivity index (χ1n) is 9.01. The Kier molecular flexibility index (Phi) is 5.23. The molecule has 0 spiro atoms. The summed E-state index contributed by atoms with van der Waals surface area (Å²) in [5, 5.41) is 0.912. The van der Waals surface area contributed by atoms with E-state index < -0.39 is 6.10 Å². The van der Waals surface area contributed by atoms with Crippen LogP contribution in [0.3, 0.4) is 0 Å². The van der Waals surface area contributed by atoms with Gasteiger partial charge in [0.05, 0.1) is 37.7 Å². The Morgan fingerprint density at radius 1 is 1.31 bits per heavy atom. The lowest BCUT2D eigenvalue weighted by Gasteiger charge is -2.36. The lowest BCUT2D eigenvalue weighted by molar-refractivity contribution is -0.148. The second kappa shape index (κ2) is 7.77. The highest BCUT2D eigenvalue weighted by atomic mass is 32.1. The Morgan fingerprint density at radius 3 is 2.96 bits per heavy atom. The SMILES string of the molecule is CCOc1cccc2sc(N3CCOC(C(=O)N4CCOCC4)C3)nc12. The number of rotatable bonds is 4. The molecule has 8 heteroatoms. The zero-order valence-corrected chi connectivity index (χ0v) is 15.7. The Hall–Kier alpha value is -1.90. The van der Waals surface area contributed by atoms with Gasteiger partial charge in [-0.15, -0.1) is 0 Å². The van der Waals surface area contributed by atoms with E-state index in [2.05, 4.69) is 11.0 Å². The summed E-state index contributed by atoms with van der Waals surface area (Å²) >= 11 is 1.63. The third-order valence-corrected chi connectivity index (χ3v) is 5.69. The van der Waals surface area contributed by atoms with E-state index in [-0.39, 0.29) is 5.91 Å².